The van der Waals surface area contributed by atoms with Crippen molar-refractivity contribution in [2.24, 2.45) is 10.3 Å². The van der Waals surface area contributed by atoms with Crippen LogP contribution in [0.5, 0.6) is 0 Å². The molecule has 2 aliphatic heterocycles. The Labute approximate surface area is 174 Å². The Kier molecular flexibility index (Phi) is 5.07. The summed E-state index contributed by atoms with van der Waals surface area (Å²) in [5, 5.41) is 12.0. The summed E-state index contributed by atoms with van der Waals surface area (Å²) >= 11 is 0. The van der Waals surface area contributed by atoms with E-state index in [1.807, 2.05) is 37.3 Å². The number of amides is 3. The van der Waals surface area contributed by atoms with Gasteiger partial charge >= 0.3 is 0 Å². The van der Waals surface area contributed by atoms with Crippen LogP contribution in [0.15, 0.2) is 58.9 Å². The second-order valence-electron chi connectivity index (χ2n) is 7.87. The molecular weight excluding hydrogens is 382 g/mol. The average molecular weight is 405 g/mol. The summed E-state index contributed by atoms with van der Waals surface area (Å²) in [5.41, 5.74) is 3.30. The summed E-state index contributed by atoms with van der Waals surface area (Å²) in [4.78, 5) is 39.4. The van der Waals surface area contributed by atoms with Crippen LogP contribution in [0.25, 0.3) is 0 Å². The van der Waals surface area contributed by atoms with E-state index in [1.54, 1.807) is 18.2 Å². The van der Waals surface area contributed by atoms with Gasteiger partial charge in [-0.3, -0.25) is 19.4 Å². The average Bonchev–Trinajstić information content (AvgIpc) is 3.21. The van der Waals surface area contributed by atoms with Crippen LogP contribution in [-0.2, 0) is 14.4 Å². The monoisotopic (exact) mass is 405 g/mol. The van der Waals surface area contributed by atoms with Gasteiger partial charge in [-0.05, 0) is 48.2 Å². The van der Waals surface area contributed by atoms with Gasteiger partial charge in [-0.2, -0.15) is 5.11 Å². The van der Waals surface area contributed by atoms with E-state index in [0.717, 1.165) is 16.0 Å². The first-order chi connectivity index (χ1) is 14.3. The second kappa shape index (κ2) is 7.70. The molecule has 8 nitrogen and oxygen atoms in total. The minimum Gasteiger partial charge on any atom is -0.324 e. The molecule has 3 amide bonds. The number of imide groups is 1. The van der Waals surface area contributed by atoms with Crippen LogP contribution in [0.1, 0.15) is 30.9 Å². The molecule has 2 atom stereocenters. The molecule has 2 heterocycles. The zero-order chi connectivity index (χ0) is 21.4. The van der Waals surface area contributed by atoms with E-state index in [0.29, 0.717) is 17.3 Å². The van der Waals surface area contributed by atoms with Gasteiger partial charge in [-0.25, -0.2) is 4.90 Å². The van der Waals surface area contributed by atoms with Crippen molar-refractivity contribution in [1.29, 1.82) is 0 Å². The van der Waals surface area contributed by atoms with Crippen molar-refractivity contribution >= 4 is 29.1 Å². The van der Waals surface area contributed by atoms with Crippen molar-refractivity contribution in [2.45, 2.75) is 38.8 Å². The highest BCUT2D eigenvalue weighted by Crippen LogP contribution is 2.32. The predicted octanol–water partition coefficient (Wildman–Crippen LogP) is 3.05. The molecule has 0 aliphatic carbocycles. The van der Waals surface area contributed by atoms with Crippen LogP contribution >= 0.6 is 0 Å². The quantitative estimate of drug-likeness (QED) is 0.774. The lowest BCUT2D eigenvalue weighted by atomic mass is 10.0. The first-order valence-electron chi connectivity index (χ1n) is 9.87. The fourth-order valence-electron chi connectivity index (χ4n) is 3.69. The van der Waals surface area contributed by atoms with E-state index in [-0.39, 0.29) is 12.5 Å². The minimum absolute atomic E-state index is 0.169. The standard InChI is InChI=1S/C22H23N5O3/c1-13(2)15-7-9-17(10-8-15)27-21(29)19-20(22(27)30)26(25-24-19)12-18(28)23-16-6-4-5-14(3)11-16/h4-11,13,19-20H,12H2,1-3H3,(H,23,28)/t19-,20-/m0/s1. The summed E-state index contributed by atoms with van der Waals surface area (Å²) in [7, 11) is 0. The number of hydrogen-bond donors (Lipinski definition) is 1. The van der Waals surface area contributed by atoms with Crippen LogP contribution in [0, 0.1) is 6.92 Å². The third kappa shape index (κ3) is 3.56. The highest BCUT2D eigenvalue weighted by molar-refractivity contribution is 6.25. The number of aryl methyl sites for hydroxylation is 1. The molecule has 8 heteroatoms. The van der Waals surface area contributed by atoms with Crippen molar-refractivity contribution in [1.82, 2.24) is 5.01 Å². The van der Waals surface area contributed by atoms with Crippen LogP contribution < -0.4 is 10.2 Å². The van der Waals surface area contributed by atoms with Gasteiger partial charge in [-0.15, -0.1) is 0 Å². The molecule has 1 fully saturated rings. The van der Waals surface area contributed by atoms with E-state index in [9.17, 15) is 14.4 Å². The number of carbonyl (C=O) groups excluding carboxylic acids is 3. The maximum Gasteiger partial charge on any atom is 0.263 e. The Hall–Kier alpha value is -3.55. The highest BCUT2D eigenvalue weighted by atomic mass is 16.2. The lowest BCUT2D eigenvalue weighted by Crippen LogP contribution is -2.43. The van der Waals surface area contributed by atoms with Crippen LogP contribution in [0.3, 0.4) is 0 Å². The Morgan fingerprint density at radius 3 is 2.50 bits per heavy atom. The second-order valence-corrected chi connectivity index (χ2v) is 7.87. The summed E-state index contributed by atoms with van der Waals surface area (Å²) in [6.07, 6.45) is 0. The van der Waals surface area contributed by atoms with Gasteiger partial charge in [0.2, 0.25) is 5.91 Å². The topological polar surface area (TPSA) is 94.4 Å². The number of carbonyl (C=O) groups is 3. The molecule has 0 radical (unpaired) electrons. The fourth-order valence-corrected chi connectivity index (χ4v) is 3.69. The molecule has 0 spiro atoms. The highest BCUT2D eigenvalue weighted by Gasteiger charge is 2.55. The van der Waals surface area contributed by atoms with E-state index >= 15 is 0 Å². The van der Waals surface area contributed by atoms with E-state index in [4.69, 9.17) is 0 Å². The number of nitrogens with one attached hydrogen (secondary N) is 1. The molecule has 30 heavy (non-hydrogen) atoms. The van der Waals surface area contributed by atoms with Gasteiger partial charge in [-0.1, -0.05) is 43.3 Å². The van der Waals surface area contributed by atoms with Gasteiger partial charge in [0.25, 0.3) is 11.8 Å². The molecule has 1 N–H and O–H groups in total. The van der Waals surface area contributed by atoms with Gasteiger partial charge in [0.1, 0.15) is 6.54 Å². The van der Waals surface area contributed by atoms with E-state index in [2.05, 4.69) is 29.5 Å². The first-order valence-corrected chi connectivity index (χ1v) is 9.87. The summed E-state index contributed by atoms with van der Waals surface area (Å²) in [5.74, 6) is -0.830. The van der Waals surface area contributed by atoms with Gasteiger partial charge in [0, 0.05) is 5.69 Å². The third-order valence-corrected chi connectivity index (χ3v) is 5.28. The van der Waals surface area contributed by atoms with Crippen LogP contribution in [-0.4, -0.2) is 41.4 Å². The SMILES string of the molecule is Cc1cccc(NC(=O)CN2N=N[C@@H]3C(=O)N(c4ccc(C(C)C)cc4)C(=O)[C@H]32)c1. The maximum atomic E-state index is 13.0. The maximum absolute atomic E-state index is 13.0. The smallest absolute Gasteiger partial charge is 0.263 e. The summed E-state index contributed by atoms with van der Waals surface area (Å²) in [6.45, 7) is 5.91. The van der Waals surface area contributed by atoms with E-state index < -0.39 is 23.9 Å². The third-order valence-electron chi connectivity index (χ3n) is 5.28. The Bertz CT molecular complexity index is 1030. The number of nitrogens with zero attached hydrogens (tertiary/aromatic N) is 4. The van der Waals surface area contributed by atoms with Crippen molar-refractivity contribution in [3.63, 3.8) is 0 Å². The van der Waals surface area contributed by atoms with Gasteiger partial charge in [0.15, 0.2) is 12.1 Å². The number of fused-ring (bicyclic) bond motifs is 1. The molecule has 1 saturated heterocycles. The Morgan fingerprint density at radius 1 is 1.10 bits per heavy atom. The largest absolute Gasteiger partial charge is 0.324 e. The summed E-state index contributed by atoms with van der Waals surface area (Å²) < 4.78 is 0. The normalized spacial score (nSPS) is 20.3. The van der Waals surface area contributed by atoms with Gasteiger partial charge < -0.3 is 5.32 Å². The summed E-state index contributed by atoms with van der Waals surface area (Å²) in [6, 6.07) is 12.9. The minimum atomic E-state index is -0.922. The zero-order valence-electron chi connectivity index (χ0n) is 17.1. The van der Waals surface area contributed by atoms with Crippen molar-refractivity contribution < 1.29 is 14.4 Å². The van der Waals surface area contributed by atoms with Crippen molar-refractivity contribution in [3.05, 3.63) is 59.7 Å². The molecule has 0 aromatic heterocycles. The molecule has 0 saturated carbocycles. The van der Waals surface area contributed by atoms with Crippen molar-refractivity contribution in [2.75, 3.05) is 16.8 Å². The van der Waals surface area contributed by atoms with Crippen LogP contribution in [0.4, 0.5) is 11.4 Å². The number of benzene rings is 2. The zero-order valence-corrected chi connectivity index (χ0v) is 17.1. The van der Waals surface area contributed by atoms with Crippen molar-refractivity contribution in [3.8, 4) is 0 Å². The molecule has 0 unspecified atom stereocenters. The number of anilines is 2. The Balaban J connectivity index is 1.48. The number of hydrogen-bond acceptors (Lipinski definition) is 6. The number of rotatable bonds is 5. The first kappa shape index (κ1) is 19.8. The lowest BCUT2D eigenvalue weighted by Gasteiger charge is -2.20. The Morgan fingerprint density at radius 2 is 1.83 bits per heavy atom. The fraction of sp³-hybridized carbons (Fsp3) is 0.318. The molecule has 2 aromatic carbocycles. The molecule has 154 valence electrons. The van der Waals surface area contributed by atoms with E-state index in [1.165, 1.54) is 5.01 Å². The molecular formula is C22H23N5O3. The predicted molar refractivity (Wildman–Crippen MR) is 112 cm³/mol. The molecule has 0 bridgehead atoms. The molecule has 2 aliphatic rings. The lowest BCUT2D eigenvalue weighted by molar-refractivity contribution is -0.123. The molecule has 2 aromatic rings. The van der Waals surface area contributed by atoms with Gasteiger partial charge in [0.05, 0.1) is 5.69 Å². The van der Waals surface area contributed by atoms with Crippen LogP contribution in [0.2, 0.25) is 0 Å². The molecule has 4 rings (SSSR count).